The molecule has 8 heteroatoms. The molecule has 3 aromatic rings. The molecule has 3 aromatic carbocycles. The first-order valence-electron chi connectivity index (χ1n) is 10.8. The van der Waals surface area contributed by atoms with E-state index in [0.717, 1.165) is 6.42 Å². The van der Waals surface area contributed by atoms with Crippen LogP contribution in [0.25, 0.3) is 0 Å². The Kier molecular flexibility index (Phi) is 7.65. The van der Waals surface area contributed by atoms with Crippen LogP contribution in [-0.2, 0) is 11.2 Å². The molecular weight excluding hydrogens is 474 g/mol. The third-order valence-electron chi connectivity index (χ3n) is 5.62. The lowest BCUT2D eigenvalue weighted by molar-refractivity contribution is -0.139. The lowest BCUT2D eigenvalue weighted by atomic mass is 9.93. The fourth-order valence-corrected chi connectivity index (χ4v) is 4.57. The molecule has 0 spiro atoms. The van der Waals surface area contributed by atoms with Gasteiger partial charge in [-0.25, -0.2) is 0 Å². The first-order valence-corrected chi connectivity index (χ1v) is 12.4. The number of carbonyl (C=O) groups excluding carboxylic acids is 1. The number of carboxylic acid groups (broad SMARTS) is 1. The Morgan fingerprint density at radius 3 is 2.56 bits per heavy atom. The van der Waals surface area contributed by atoms with Crippen LogP contribution in [0.4, 0.5) is 0 Å². The molecule has 0 saturated heterocycles. The quantitative estimate of drug-likeness (QED) is 0.382. The van der Waals surface area contributed by atoms with Crippen LogP contribution in [0, 0.1) is 0 Å². The lowest BCUT2D eigenvalue weighted by Crippen LogP contribution is -2.26. The van der Waals surface area contributed by atoms with Crippen molar-refractivity contribution < 1.29 is 24.2 Å². The molecule has 4 rings (SSSR count). The Morgan fingerprint density at radius 2 is 1.88 bits per heavy atom. The van der Waals surface area contributed by atoms with Gasteiger partial charge in [-0.05, 0) is 48.7 Å². The fourth-order valence-electron chi connectivity index (χ4n) is 3.81. The number of carboxylic acids is 1. The number of nitrogens with zero attached hydrogens (tertiary/aromatic N) is 1. The summed E-state index contributed by atoms with van der Waals surface area (Å²) in [5.74, 6) is -0.309. The normalized spacial score (nSPS) is 14.6. The number of amides is 1. The second kappa shape index (κ2) is 10.8. The molecule has 0 aromatic heterocycles. The first-order chi connectivity index (χ1) is 16.5. The number of ether oxygens (including phenoxy) is 2. The van der Waals surface area contributed by atoms with Crippen molar-refractivity contribution >= 4 is 35.4 Å². The van der Waals surface area contributed by atoms with E-state index >= 15 is 0 Å². The molecule has 0 fully saturated rings. The van der Waals surface area contributed by atoms with E-state index in [9.17, 15) is 14.7 Å². The number of halogens is 1. The highest BCUT2D eigenvalue weighted by atomic mass is 35.5. The van der Waals surface area contributed by atoms with Crippen LogP contribution in [-0.4, -0.2) is 40.7 Å². The van der Waals surface area contributed by atoms with Crippen LogP contribution >= 0.6 is 23.5 Å². The molecule has 6 nitrogen and oxygen atoms in total. The maximum absolute atomic E-state index is 12.9. The van der Waals surface area contributed by atoms with E-state index in [4.69, 9.17) is 21.1 Å². The van der Waals surface area contributed by atoms with Crippen molar-refractivity contribution in [1.82, 2.24) is 4.31 Å². The summed E-state index contributed by atoms with van der Waals surface area (Å²) in [5, 5.41) is 9.73. The monoisotopic (exact) mass is 497 g/mol. The zero-order chi connectivity index (χ0) is 24.1. The molecule has 1 unspecified atom stereocenters. The summed E-state index contributed by atoms with van der Waals surface area (Å²) in [6, 6.07) is 20.1. The van der Waals surface area contributed by atoms with Crippen LogP contribution in [0.3, 0.4) is 0 Å². The molecule has 1 aliphatic rings. The number of hydrogen-bond acceptors (Lipinski definition) is 5. The van der Waals surface area contributed by atoms with E-state index in [0.29, 0.717) is 53.0 Å². The minimum atomic E-state index is -0.905. The van der Waals surface area contributed by atoms with E-state index in [1.165, 1.54) is 17.5 Å². The third-order valence-corrected chi connectivity index (χ3v) is 6.71. The van der Waals surface area contributed by atoms with Crippen molar-refractivity contribution in [3.05, 3.63) is 88.4 Å². The number of fused-ring (bicyclic) bond motifs is 1. The van der Waals surface area contributed by atoms with Crippen LogP contribution in [0.2, 0.25) is 5.02 Å². The van der Waals surface area contributed by atoms with Crippen molar-refractivity contribution in [2.75, 3.05) is 19.4 Å². The zero-order valence-electron chi connectivity index (χ0n) is 18.6. The predicted octanol–water partition coefficient (Wildman–Crippen LogP) is 6.05. The summed E-state index contributed by atoms with van der Waals surface area (Å²) in [5.41, 5.74) is 2.28. The van der Waals surface area contributed by atoms with E-state index < -0.39 is 11.9 Å². The maximum atomic E-state index is 12.9. The maximum Gasteiger partial charge on any atom is 0.311 e. The molecule has 176 valence electrons. The van der Waals surface area contributed by atoms with Crippen molar-refractivity contribution in [2.45, 2.75) is 18.8 Å². The average Bonchev–Trinajstić information content (AvgIpc) is 2.85. The minimum absolute atomic E-state index is 0.0742. The molecule has 0 bridgehead atoms. The second-order valence-electron chi connectivity index (χ2n) is 7.80. The van der Waals surface area contributed by atoms with Crippen LogP contribution < -0.4 is 9.47 Å². The van der Waals surface area contributed by atoms with Crippen molar-refractivity contribution in [3.8, 4) is 17.2 Å². The molecule has 0 saturated carbocycles. The molecule has 1 atom stereocenters. The highest BCUT2D eigenvalue weighted by Crippen LogP contribution is 2.41. The standard InChI is InChI=1S/C26H24ClNO5S/c1-34-28(13-11-17-5-3-2-4-6-17)25(29)18-7-9-19(10-8-18)33-24-16-23-21(15-22(24)27)20(26(30)31)12-14-32-23/h2-10,15-16,20H,11-14H2,1H3,(H,30,31). The zero-order valence-corrected chi connectivity index (χ0v) is 20.1. The molecule has 34 heavy (non-hydrogen) atoms. The number of carbonyl (C=O) groups is 2. The summed E-state index contributed by atoms with van der Waals surface area (Å²) in [6.07, 6.45) is 3.05. The van der Waals surface area contributed by atoms with Crippen molar-refractivity contribution in [2.24, 2.45) is 0 Å². The predicted molar refractivity (Wildman–Crippen MR) is 133 cm³/mol. The molecular formula is C26H24ClNO5S. The Hall–Kier alpha value is -3.16. The minimum Gasteiger partial charge on any atom is -0.493 e. The third kappa shape index (κ3) is 5.48. The smallest absolute Gasteiger partial charge is 0.311 e. The van der Waals surface area contributed by atoms with Crippen LogP contribution in [0.15, 0.2) is 66.7 Å². The summed E-state index contributed by atoms with van der Waals surface area (Å²) in [6.45, 7) is 0.919. The number of aliphatic carboxylic acids is 1. The van der Waals surface area contributed by atoms with Crippen LogP contribution in [0.1, 0.15) is 33.8 Å². The topological polar surface area (TPSA) is 76.1 Å². The van der Waals surface area contributed by atoms with Gasteiger partial charge in [0.25, 0.3) is 5.91 Å². The molecule has 1 N–H and O–H groups in total. The fraction of sp³-hybridized carbons (Fsp3) is 0.231. The van der Waals surface area contributed by atoms with Gasteiger partial charge in [-0.1, -0.05) is 53.9 Å². The number of benzene rings is 3. The Balaban J connectivity index is 1.44. The van der Waals surface area contributed by atoms with Gasteiger partial charge < -0.3 is 14.6 Å². The van der Waals surface area contributed by atoms with Gasteiger partial charge in [-0.3, -0.25) is 13.9 Å². The highest BCUT2D eigenvalue weighted by molar-refractivity contribution is 7.96. The van der Waals surface area contributed by atoms with E-state index in [1.807, 2.05) is 36.6 Å². The first kappa shape index (κ1) is 24.0. The molecule has 1 aliphatic heterocycles. The van der Waals surface area contributed by atoms with Gasteiger partial charge in [0.05, 0.1) is 17.5 Å². The average molecular weight is 498 g/mol. The molecule has 1 heterocycles. The van der Waals surface area contributed by atoms with Gasteiger partial charge in [-0.15, -0.1) is 0 Å². The van der Waals surface area contributed by atoms with Gasteiger partial charge in [0, 0.05) is 30.0 Å². The van der Waals surface area contributed by atoms with E-state index in [2.05, 4.69) is 0 Å². The van der Waals surface area contributed by atoms with Gasteiger partial charge >= 0.3 is 5.97 Å². The van der Waals surface area contributed by atoms with E-state index in [1.54, 1.807) is 40.7 Å². The Labute approximate surface area is 207 Å². The number of hydrogen-bond donors (Lipinski definition) is 1. The van der Waals surface area contributed by atoms with Gasteiger partial charge in [0.2, 0.25) is 0 Å². The van der Waals surface area contributed by atoms with E-state index in [-0.39, 0.29) is 5.91 Å². The van der Waals surface area contributed by atoms with Crippen LogP contribution in [0.5, 0.6) is 17.2 Å². The van der Waals surface area contributed by atoms with Crippen molar-refractivity contribution in [1.29, 1.82) is 0 Å². The Bertz CT molecular complexity index is 1170. The molecule has 1 amide bonds. The molecule has 0 radical (unpaired) electrons. The van der Waals surface area contributed by atoms with Gasteiger partial charge in [-0.2, -0.15) is 0 Å². The SMILES string of the molecule is CSN(CCc1ccccc1)C(=O)c1ccc(Oc2cc3c(cc2Cl)C(C(=O)O)CCO3)cc1. The highest BCUT2D eigenvalue weighted by Gasteiger charge is 2.29. The summed E-state index contributed by atoms with van der Waals surface area (Å²) in [4.78, 5) is 24.5. The number of rotatable bonds is 8. The summed E-state index contributed by atoms with van der Waals surface area (Å²) in [7, 11) is 0. The van der Waals surface area contributed by atoms with Gasteiger partial charge in [0.1, 0.15) is 17.2 Å². The second-order valence-corrected chi connectivity index (χ2v) is 9.01. The van der Waals surface area contributed by atoms with Crippen molar-refractivity contribution in [3.63, 3.8) is 0 Å². The molecule has 0 aliphatic carbocycles. The lowest BCUT2D eigenvalue weighted by Gasteiger charge is -2.24. The summed E-state index contributed by atoms with van der Waals surface area (Å²) >= 11 is 7.77. The van der Waals surface area contributed by atoms with Gasteiger partial charge in [0.15, 0.2) is 0 Å². The summed E-state index contributed by atoms with van der Waals surface area (Å²) < 4.78 is 13.3. The Morgan fingerprint density at radius 1 is 1.15 bits per heavy atom. The largest absolute Gasteiger partial charge is 0.493 e.